The standard InChI is InChI=1S/C10H12FNO2S/c1-2-14-9(13)5-7-15-8-4-3-6-12-10(8)11/h3-4,6H,2,5,7H2,1H3. The van der Waals surface area contributed by atoms with Crippen molar-refractivity contribution in [2.45, 2.75) is 18.2 Å². The van der Waals surface area contributed by atoms with E-state index < -0.39 is 5.95 Å². The zero-order chi connectivity index (χ0) is 11.1. The Hall–Kier alpha value is -1.10. The predicted octanol–water partition coefficient (Wildman–Crippen LogP) is 2.27. The van der Waals surface area contributed by atoms with Crippen LogP contribution in [0.15, 0.2) is 23.2 Å². The van der Waals surface area contributed by atoms with Gasteiger partial charge in [-0.2, -0.15) is 4.39 Å². The van der Waals surface area contributed by atoms with E-state index in [9.17, 15) is 9.18 Å². The van der Waals surface area contributed by atoms with Crippen molar-refractivity contribution < 1.29 is 13.9 Å². The Bertz CT molecular complexity index is 333. The molecule has 1 rings (SSSR count). The lowest BCUT2D eigenvalue weighted by molar-refractivity contribution is -0.142. The summed E-state index contributed by atoms with van der Waals surface area (Å²) in [6, 6.07) is 3.30. The average molecular weight is 229 g/mol. The number of hydrogen-bond acceptors (Lipinski definition) is 4. The number of thioether (sulfide) groups is 1. The molecule has 3 nitrogen and oxygen atoms in total. The van der Waals surface area contributed by atoms with E-state index >= 15 is 0 Å². The van der Waals surface area contributed by atoms with Gasteiger partial charge >= 0.3 is 5.97 Å². The van der Waals surface area contributed by atoms with Crippen LogP contribution in [0.2, 0.25) is 0 Å². The molecular formula is C10H12FNO2S. The highest BCUT2D eigenvalue weighted by Gasteiger charge is 2.05. The SMILES string of the molecule is CCOC(=O)CCSc1cccnc1F. The molecule has 0 fully saturated rings. The summed E-state index contributed by atoms with van der Waals surface area (Å²) in [5.41, 5.74) is 0. The normalized spacial score (nSPS) is 10.0. The first-order chi connectivity index (χ1) is 7.24. The van der Waals surface area contributed by atoms with Gasteiger partial charge in [0.05, 0.1) is 17.9 Å². The van der Waals surface area contributed by atoms with Crippen LogP contribution >= 0.6 is 11.8 Å². The molecule has 0 aliphatic carbocycles. The largest absolute Gasteiger partial charge is 0.466 e. The van der Waals surface area contributed by atoms with Gasteiger partial charge in [-0.25, -0.2) is 4.98 Å². The summed E-state index contributed by atoms with van der Waals surface area (Å²) in [6.07, 6.45) is 1.68. The van der Waals surface area contributed by atoms with Gasteiger partial charge in [0.2, 0.25) is 5.95 Å². The van der Waals surface area contributed by atoms with Crippen LogP contribution in [0.4, 0.5) is 4.39 Å². The van der Waals surface area contributed by atoms with Crippen molar-refractivity contribution in [2.24, 2.45) is 0 Å². The quantitative estimate of drug-likeness (QED) is 0.441. The molecule has 0 bridgehead atoms. The number of aromatic nitrogens is 1. The van der Waals surface area contributed by atoms with E-state index in [2.05, 4.69) is 4.98 Å². The van der Waals surface area contributed by atoms with Gasteiger partial charge in [-0.05, 0) is 19.1 Å². The minimum atomic E-state index is -0.494. The molecule has 82 valence electrons. The van der Waals surface area contributed by atoms with Gasteiger partial charge in [-0.15, -0.1) is 11.8 Å². The second-order valence-electron chi connectivity index (χ2n) is 2.70. The fourth-order valence-electron chi connectivity index (χ4n) is 0.956. The van der Waals surface area contributed by atoms with Gasteiger partial charge in [0, 0.05) is 11.9 Å². The van der Waals surface area contributed by atoms with E-state index in [0.29, 0.717) is 17.3 Å². The van der Waals surface area contributed by atoms with E-state index in [1.807, 2.05) is 0 Å². The first-order valence-corrected chi connectivity index (χ1v) is 5.61. The molecule has 0 N–H and O–H groups in total. The molecule has 15 heavy (non-hydrogen) atoms. The lowest BCUT2D eigenvalue weighted by Crippen LogP contribution is -2.04. The predicted molar refractivity (Wildman–Crippen MR) is 56.2 cm³/mol. The zero-order valence-electron chi connectivity index (χ0n) is 8.40. The second-order valence-corrected chi connectivity index (χ2v) is 3.83. The maximum absolute atomic E-state index is 13.0. The highest BCUT2D eigenvalue weighted by atomic mass is 32.2. The van der Waals surface area contributed by atoms with Gasteiger partial charge in [0.25, 0.3) is 0 Å². The van der Waals surface area contributed by atoms with Crippen molar-refractivity contribution in [3.05, 3.63) is 24.3 Å². The van der Waals surface area contributed by atoms with Gasteiger partial charge in [-0.3, -0.25) is 4.79 Å². The molecule has 0 spiro atoms. The summed E-state index contributed by atoms with van der Waals surface area (Å²) < 4.78 is 17.8. The molecular weight excluding hydrogens is 217 g/mol. The summed E-state index contributed by atoms with van der Waals surface area (Å²) in [4.78, 5) is 14.9. The van der Waals surface area contributed by atoms with Crippen LogP contribution in [0.25, 0.3) is 0 Å². The van der Waals surface area contributed by atoms with Crippen molar-refractivity contribution >= 4 is 17.7 Å². The summed E-state index contributed by atoms with van der Waals surface area (Å²) in [7, 11) is 0. The monoisotopic (exact) mass is 229 g/mol. The molecule has 0 aliphatic heterocycles. The maximum Gasteiger partial charge on any atom is 0.306 e. The molecule has 1 aromatic heterocycles. The van der Waals surface area contributed by atoms with Crippen molar-refractivity contribution in [3.63, 3.8) is 0 Å². The molecule has 0 amide bonds. The molecule has 0 radical (unpaired) electrons. The van der Waals surface area contributed by atoms with Crippen LogP contribution in [0, 0.1) is 5.95 Å². The summed E-state index contributed by atoms with van der Waals surface area (Å²) in [5, 5.41) is 0. The van der Waals surface area contributed by atoms with Gasteiger partial charge in [-0.1, -0.05) is 0 Å². The summed E-state index contributed by atoms with van der Waals surface area (Å²) in [6.45, 7) is 2.14. The zero-order valence-corrected chi connectivity index (χ0v) is 9.22. The summed E-state index contributed by atoms with van der Waals surface area (Å²) in [5.74, 6) is -0.248. The fourth-order valence-corrected chi connectivity index (χ4v) is 1.79. The topological polar surface area (TPSA) is 39.2 Å². The van der Waals surface area contributed by atoms with E-state index in [1.54, 1.807) is 19.1 Å². The number of halogens is 1. The number of carbonyl (C=O) groups excluding carboxylic acids is 1. The molecule has 0 saturated heterocycles. The Morgan fingerprint density at radius 3 is 3.13 bits per heavy atom. The first kappa shape index (κ1) is 12.0. The number of ether oxygens (including phenoxy) is 1. The van der Waals surface area contributed by atoms with Crippen molar-refractivity contribution in [1.82, 2.24) is 4.98 Å². The molecule has 1 aromatic rings. The summed E-state index contributed by atoms with van der Waals surface area (Å²) >= 11 is 1.26. The molecule has 0 atom stereocenters. The van der Waals surface area contributed by atoms with E-state index in [-0.39, 0.29) is 12.4 Å². The maximum atomic E-state index is 13.0. The Morgan fingerprint density at radius 2 is 2.47 bits per heavy atom. The number of hydrogen-bond donors (Lipinski definition) is 0. The first-order valence-electron chi connectivity index (χ1n) is 4.63. The number of carbonyl (C=O) groups is 1. The second kappa shape index (κ2) is 6.40. The Labute approximate surface area is 92.0 Å². The third-order valence-corrected chi connectivity index (χ3v) is 2.62. The number of nitrogens with zero attached hydrogens (tertiary/aromatic N) is 1. The molecule has 1 heterocycles. The van der Waals surface area contributed by atoms with Crippen LogP contribution < -0.4 is 0 Å². The average Bonchev–Trinajstić information content (AvgIpc) is 2.21. The Balaban J connectivity index is 2.32. The highest BCUT2D eigenvalue weighted by Crippen LogP contribution is 2.20. The molecule has 0 aliphatic rings. The number of esters is 1. The fraction of sp³-hybridized carbons (Fsp3) is 0.400. The third kappa shape index (κ3) is 4.29. The molecule has 0 unspecified atom stereocenters. The van der Waals surface area contributed by atoms with E-state index in [0.717, 1.165) is 0 Å². The van der Waals surface area contributed by atoms with Crippen LogP contribution in [0.3, 0.4) is 0 Å². The lowest BCUT2D eigenvalue weighted by atomic mass is 10.5. The van der Waals surface area contributed by atoms with Crippen LogP contribution in [-0.2, 0) is 9.53 Å². The van der Waals surface area contributed by atoms with Crippen molar-refractivity contribution in [3.8, 4) is 0 Å². The Morgan fingerprint density at radius 1 is 1.67 bits per heavy atom. The third-order valence-electron chi connectivity index (χ3n) is 1.59. The van der Waals surface area contributed by atoms with E-state index in [1.165, 1.54) is 18.0 Å². The van der Waals surface area contributed by atoms with Gasteiger partial charge in [0.15, 0.2) is 0 Å². The van der Waals surface area contributed by atoms with Gasteiger partial charge < -0.3 is 4.74 Å². The molecule has 0 aromatic carbocycles. The van der Waals surface area contributed by atoms with Crippen molar-refractivity contribution in [1.29, 1.82) is 0 Å². The molecule has 0 saturated carbocycles. The van der Waals surface area contributed by atoms with Crippen LogP contribution in [0.1, 0.15) is 13.3 Å². The number of pyridine rings is 1. The van der Waals surface area contributed by atoms with Gasteiger partial charge in [0.1, 0.15) is 0 Å². The molecule has 5 heteroatoms. The smallest absolute Gasteiger partial charge is 0.306 e. The minimum Gasteiger partial charge on any atom is -0.466 e. The highest BCUT2D eigenvalue weighted by molar-refractivity contribution is 7.99. The van der Waals surface area contributed by atoms with Crippen LogP contribution in [-0.4, -0.2) is 23.3 Å². The Kier molecular flexibility index (Phi) is 5.10. The number of rotatable bonds is 5. The van der Waals surface area contributed by atoms with Crippen LogP contribution in [0.5, 0.6) is 0 Å². The van der Waals surface area contributed by atoms with Crippen molar-refractivity contribution in [2.75, 3.05) is 12.4 Å². The minimum absolute atomic E-state index is 0.255. The van der Waals surface area contributed by atoms with E-state index in [4.69, 9.17) is 4.74 Å². The lowest BCUT2D eigenvalue weighted by Gasteiger charge is -2.02.